The number of carbonyl (C=O) groups is 1. The Labute approximate surface area is 72.6 Å². The van der Waals surface area contributed by atoms with Crippen LogP contribution in [0, 0.1) is 0 Å². The van der Waals surface area contributed by atoms with Crippen LogP contribution in [0.1, 0.15) is 10.3 Å². The van der Waals surface area contributed by atoms with Crippen molar-refractivity contribution in [1.29, 1.82) is 0 Å². The van der Waals surface area contributed by atoms with Gasteiger partial charge in [-0.3, -0.25) is 0 Å². The maximum absolute atomic E-state index is 10.1. The minimum absolute atomic E-state index is 0.544. The fraction of sp³-hybridized carbons (Fsp3) is 0.167. The Bertz CT molecular complexity index is 233. The first-order valence-electron chi connectivity index (χ1n) is 2.58. The number of thiophene rings is 1. The average molecular weight is 195 g/mol. The average Bonchev–Trinajstić information content (AvgIpc) is 2.34. The van der Waals surface area contributed by atoms with Crippen LogP contribution in [-0.2, 0) is 4.79 Å². The highest BCUT2D eigenvalue weighted by Gasteiger charge is 2.07. The molecule has 0 aromatic carbocycles. The molecule has 1 rings (SSSR count). The zero-order valence-electron chi connectivity index (χ0n) is 4.88. The van der Waals surface area contributed by atoms with Crippen LogP contribution in [0.2, 0.25) is 4.34 Å². The first-order valence-corrected chi connectivity index (χ1v) is 4.21. The maximum Gasteiger partial charge on any atom is 0.143 e. The van der Waals surface area contributed by atoms with E-state index in [0.717, 1.165) is 4.88 Å². The van der Waals surface area contributed by atoms with E-state index >= 15 is 0 Å². The van der Waals surface area contributed by atoms with E-state index in [9.17, 15) is 4.79 Å². The lowest BCUT2D eigenvalue weighted by Crippen LogP contribution is -1.84. The highest BCUT2D eigenvalue weighted by atomic mass is 35.5. The summed E-state index contributed by atoms with van der Waals surface area (Å²) in [6.07, 6.45) is 0.684. The van der Waals surface area contributed by atoms with Crippen LogP contribution >= 0.6 is 34.5 Å². The molecule has 1 unspecified atom stereocenters. The molecular weight excluding hydrogens is 191 g/mol. The van der Waals surface area contributed by atoms with E-state index in [1.807, 2.05) is 0 Å². The fourth-order valence-electron chi connectivity index (χ4n) is 0.544. The van der Waals surface area contributed by atoms with Gasteiger partial charge in [0.2, 0.25) is 0 Å². The van der Waals surface area contributed by atoms with E-state index in [1.54, 1.807) is 12.1 Å². The van der Waals surface area contributed by atoms with E-state index in [0.29, 0.717) is 10.6 Å². The fourth-order valence-corrected chi connectivity index (χ4v) is 1.75. The second-order valence-electron chi connectivity index (χ2n) is 1.68. The van der Waals surface area contributed by atoms with Gasteiger partial charge in [0.25, 0.3) is 0 Å². The van der Waals surface area contributed by atoms with Crippen LogP contribution in [0.3, 0.4) is 0 Å². The molecule has 0 amide bonds. The van der Waals surface area contributed by atoms with Gasteiger partial charge >= 0.3 is 0 Å². The lowest BCUT2D eigenvalue weighted by molar-refractivity contribution is -0.107. The summed E-state index contributed by atoms with van der Waals surface area (Å²) in [4.78, 5) is 10.9. The molecular formula is C6H4Cl2OS. The summed E-state index contributed by atoms with van der Waals surface area (Å²) in [5.74, 6) is 0. The van der Waals surface area contributed by atoms with Gasteiger partial charge < -0.3 is 4.79 Å². The Kier molecular flexibility index (Phi) is 2.72. The topological polar surface area (TPSA) is 17.1 Å². The van der Waals surface area contributed by atoms with Gasteiger partial charge in [-0.25, -0.2) is 0 Å². The molecule has 1 aromatic heterocycles. The van der Waals surface area contributed by atoms with Gasteiger partial charge in [-0.15, -0.1) is 22.9 Å². The zero-order valence-corrected chi connectivity index (χ0v) is 7.21. The molecule has 0 fully saturated rings. The Balaban J connectivity index is 2.84. The summed E-state index contributed by atoms with van der Waals surface area (Å²) in [5, 5.41) is -0.544. The highest BCUT2D eigenvalue weighted by Crippen LogP contribution is 2.28. The summed E-state index contributed by atoms with van der Waals surface area (Å²) in [6, 6.07) is 3.47. The molecule has 0 aliphatic rings. The molecule has 0 bridgehead atoms. The first kappa shape index (κ1) is 8.05. The summed E-state index contributed by atoms with van der Waals surface area (Å²) in [6.45, 7) is 0. The van der Waals surface area contributed by atoms with Crippen molar-refractivity contribution in [3.8, 4) is 0 Å². The Hall–Kier alpha value is -0.0500. The van der Waals surface area contributed by atoms with Gasteiger partial charge in [-0.1, -0.05) is 11.6 Å². The monoisotopic (exact) mass is 194 g/mol. The van der Waals surface area contributed by atoms with E-state index in [-0.39, 0.29) is 0 Å². The Morgan fingerprint density at radius 2 is 2.30 bits per heavy atom. The standard InChI is InChI=1S/C6H4Cl2OS/c7-4(3-9)5-1-2-6(8)10-5/h1-4H. The smallest absolute Gasteiger partial charge is 0.143 e. The summed E-state index contributed by atoms with van der Waals surface area (Å²) in [7, 11) is 0. The number of halogens is 2. The molecule has 1 atom stereocenters. The molecule has 0 aliphatic carbocycles. The molecule has 0 aliphatic heterocycles. The van der Waals surface area contributed by atoms with Gasteiger partial charge in [-0.2, -0.15) is 0 Å². The maximum atomic E-state index is 10.1. The molecule has 10 heavy (non-hydrogen) atoms. The van der Waals surface area contributed by atoms with Crippen molar-refractivity contribution >= 4 is 40.8 Å². The van der Waals surface area contributed by atoms with Gasteiger partial charge in [0.1, 0.15) is 11.7 Å². The Morgan fingerprint density at radius 3 is 2.70 bits per heavy atom. The lowest BCUT2D eigenvalue weighted by atomic mass is 10.4. The molecule has 0 saturated carbocycles. The number of hydrogen-bond donors (Lipinski definition) is 0. The van der Waals surface area contributed by atoms with Crippen LogP contribution < -0.4 is 0 Å². The van der Waals surface area contributed by atoms with Crippen molar-refractivity contribution in [3.05, 3.63) is 21.3 Å². The van der Waals surface area contributed by atoms with Crippen LogP contribution in [0.4, 0.5) is 0 Å². The first-order chi connectivity index (χ1) is 4.74. The van der Waals surface area contributed by atoms with Gasteiger partial charge in [0.15, 0.2) is 0 Å². The number of aldehydes is 1. The van der Waals surface area contributed by atoms with Gasteiger partial charge in [0.05, 0.1) is 4.34 Å². The molecule has 1 nitrogen and oxygen atoms in total. The van der Waals surface area contributed by atoms with E-state index < -0.39 is 5.38 Å². The molecule has 54 valence electrons. The third-order valence-corrected chi connectivity index (χ3v) is 2.77. The van der Waals surface area contributed by atoms with Crippen molar-refractivity contribution in [3.63, 3.8) is 0 Å². The van der Waals surface area contributed by atoms with Gasteiger partial charge in [0, 0.05) is 4.88 Å². The number of carbonyl (C=O) groups excluding carboxylic acids is 1. The molecule has 4 heteroatoms. The van der Waals surface area contributed by atoms with E-state index in [1.165, 1.54) is 11.3 Å². The number of hydrogen-bond acceptors (Lipinski definition) is 2. The number of rotatable bonds is 2. The molecule has 1 aromatic rings. The third-order valence-electron chi connectivity index (χ3n) is 0.985. The summed E-state index contributed by atoms with van der Waals surface area (Å²) >= 11 is 12.5. The van der Waals surface area contributed by atoms with E-state index in [2.05, 4.69) is 0 Å². The lowest BCUT2D eigenvalue weighted by Gasteiger charge is -1.92. The molecule has 0 N–H and O–H groups in total. The largest absolute Gasteiger partial charge is 0.301 e. The number of alkyl halides is 1. The Morgan fingerprint density at radius 1 is 1.60 bits per heavy atom. The quantitative estimate of drug-likeness (QED) is 0.523. The second-order valence-corrected chi connectivity index (χ2v) is 3.90. The second kappa shape index (κ2) is 3.37. The van der Waals surface area contributed by atoms with Crippen molar-refractivity contribution in [2.24, 2.45) is 0 Å². The van der Waals surface area contributed by atoms with Crippen LogP contribution in [-0.4, -0.2) is 6.29 Å². The van der Waals surface area contributed by atoms with E-state index in [4.69, 9.17) is 23.2 Å². The van der Waals surface area contributed by atoms with Crippen LogP contribution in [0.15, 0.2) is 12.1 Å². The third kappa shape index (κ3) is 1.72. The van der Waals surface area contributed by atoms with Crippen molar-refractivity contribution < 1.29 is 4.79 Å². The zero-order chi connectivity index (χ0) is 7.56. The summed E-state index contributed by atoms with van der Waals surface area (Å²) < 4.78 is 0.655. The predicted octanol–water partition coefficient (Wildman–Crippen LogP) is 2.88. The molecule has 0 saturated heterocycles. The minimum atomic E-state index is -0.544. The molecule has 0 spiro atoms. The summed E-state index contributed by atoms with van der Waals surface area (Å²) in [5.41, 5.74) is 0. The van der Waals surface area contributed by atoms with Crippen LogP contribution in [0.25, 0.3) is 0 Å². The highest BCUT2D eigenvalue weighted by molar-refractivity contribution is 7.16. The SMILES string of the molecule is O=CC(Cl)c1ccc(Cl)s1. The van der Waals surface area contributed by atoms with Crippen molar-refractivity contribution in [1.82, 2.24) is 0 Å². The molecule has 0 radical (unpaired) electrons. The van der Waals surface area contributed by atoms with Crippen molar-refractivity contribution in [2.75, 3.05) is 0 Å². The van der Waals surface area contributed by atoms with Crippen molar-refractivity contribution in [2.45, 2.75) is 5.38 Å². The predicted molar refractivity (Wildman–Crippen MR) is 44.0 cm³/mol. The normalized spacial score (nSPS) is 13.0. The molecule has 1 heterocycles. The minimum Gasteiger partial charge on any atom is -0.301 e. The van der Waals surface area contributed by atoms with Crippen LogP contribution in [0.5, 0.6) is 0 Å². The van der Waals surface area contributed by atoms with Gasteiger partial charge in [-0.05, 0) is 12.1 Å².